The number of aromatic nitrogens is 4. The van der Waals surface area contributed by atoms with E-state index < -0.39 is 10.3 Å². The van der Waals surface area contributed by atoms with Crippen molar-refractivity contribution in [1.82, 2.24) is 29.7 Å². The first-order chi connectivity index (χ1) is 24.3. The highest BCUT2D eigenvalue weighted by molar-refractivity contribution is 8.09. The Kier molecular flexibility index (Phi) is 9.49. The molecular weight excluding hydrogens is 673 g/mol. The van der Waals surface area contributed by atoms with Crippen LogP contribution in [0.5, 0.6) is 0 Å². The number of hydrogen-bond acceptors (Lipinski definition) is 6. The van der Waals surface area contributed by atoms with E-state index in [9.17, 15) is 9.59 Å². The van der Waals surface area contributed by atoms with E-state index in [1.807, 2.05) is 29.1 Å². The molecule has 0 bridgehead atoms. The Morgan fingerprint density at radius 2 is 1.75 bits per heavy atom. The zero-order chi connectivity index (χ0) is 36.3. The largest absolute Gasteiger partial charge is 0.340 e. The molecule has 10 heteroatoms. The molecule has 4 aromatic rings. The summed E-state index contributed by atoms with van der Waals surface area (Å²) in [4.78, 5) is 48.4. The Labute approximate surface area is 311 Å². The number of imidazole rings is 2. The first kappa shape index (κ1) is 35.9. The predicted octanol–water partition coefficient (Wildman–Crippen LogP) is 8.93. The molecular formula is C41H52N6O2S2. The quantitative estimate of drug-likeness (QED) is 0.125. The van der Waals surface area contributed by atoms with E-state index in [1.54, 1.807) is 11.8 Å². The highest BCUT2D eigenvalue weighted by Gasteiger charge is 2.61. The average Bonchev–Trinajstić information content (AvgIpc) is 3.71. The van der Waals surface area contributed by atoms with Gasteiger partial charge in [0.15, 0.2) is 0 Å². The average molecular weight is 725 g/mol. The lowest BCUT2D eigenvalue weighted by Gasteiger charge is -2.36. The lowest BCUT2D eigenvalue weighted by Crippen LogP contribution is -2.47. The maximum atomic E-state index is 13.7. The van der Waals surface area contributed by atoms with E-state index in [0.717, 1.165) is 83.8 Å². The summed E-state index contributed by atoms with van der Waals surface area (Å²) in [5, 5.41) is 0.0370. The fourth-order valence-corrected chi connectivity index (χ4v) is 9.90. The molecule has 0 radical (unpaired) electrons. The van der Waals surface area contributed by atoms with Gasteiger partial charge >= 0.3 is 0 Å². The second-order valence-electron chi connectivity index (χ2n) is 15.8. The fraction of sp³-hybridized carbons (Fsp3) is 0.512. The Morgan fingerprint density at radius 1 is 1.02 bits per heavy atom. The number of rotatable bonds is 10. The van der Waals surface area contributed by atoms with Crippen LogP contribution < -0.4 is 0 Å². The highest BCUT2D eigenvalue weighted by atomic mass is 32.2. The molecule has 0 saturated carbocycles. The van der Waals surface area contributed by atoms with Gasteiger partial charge in [-0.15, -0.1) is 23.5 Å². The second-order valence-corrected chi connectivity index (χ2v) is 18.7. The van der Waals surface area contributed by atoms with Crippen LogP contribution in [0.25, 0.3) is 34.4 Å². The van der Waals surface area contributed by atoms with Gasteiger partial charge in [0, 0.05) is 17.8 Å². The van der Waals surface area contributed by atoms with Crippen LogP contribution in [0, 0.1) is 11.8 Å². The molecule has 2 aromatic heterocycles. The lowest BCUT2D eigenvalue weighted by atomic mass is 9.92. The molecule has 2 amide bonds. The second kappa shape index (κ2) is 13.5. The number of nitrogens with zero attached hydrogens (tertiary/aromatic N) is 4. The lowest BCUT2D eigenvalue weighted by molar-refractivity contribution is -0.136. The predicted molar refractivity (Wildman–Crippen MR) is 212 cm³/mol. The van der Waals surface area contributed by atoms with Crippen LogP contribution in [0.1, 0.15) is 103 Å². The summed E-state index contributed by atoms with van der Waals surface area (Å²) < 4.78 is -0.418. The number of likely N-dealkylation sites (tertiary alicyclic amines) is 2. The van der Waals surface area contributed by atoms with Crippen molar-refractivity contribution in [3.8, 4) is 11.3 Å². The number of benzene rings is 2. The minimum atomic E-state index is -0.450. The standard InChI is InChI=1S/C41H52N6O2S2/c1-25(2)40(6)34(51-40)36(48)47-22-10-20-39(47,5)37-42-24-32(45-37)29-17-14-27(15-18-29)12-13-28-16-19-30-31(23-28)44-35(43-30)33-11-9-21-46(33)38(49)41(7,50-8)26(3)4/h12-19,23-26,33-34H,9-11,20-22H2,1-8H3,(H,42,45)(H,43,44)/b13-12+. The van der Waals surface area contributed by atoms with E-state index in [2.05, 4.69) is 118 Å². The molecule has 3 aliphatic heterocycles. The molecule has 8 nitrogen and oxygen atoms in total. The summed E-state index contributed by atoms with van der Waals surface area (Å²) >= 11 is 3.45. The van der Waals surface area contributed by atoms with Crippen molar-refractivity contribution in [2.24, 2.45) is 11.8 Å². The number of hydrogen-bond donors (Lipinski definition) is 2. The molecule has 51 heavy (non-hydrogen) atoms. The van der Waals surface area contributed by atoms with Crippen LogP contribution in [0.3, 0.4) is 0 Å². The van der Waals surface area contributed by atoms with E-state index in [4.69, 9.17) is 9.97 Å². The van der Waals surface area contributed by atoms with E-state index in [-0.39, 0.29) is 33.8 Å². The number of carbonyl (C=O) groups is 2. The van der Waals surface area contributed by atoms with Crippen LogP contribution in [0.2, 0.25) is 0 Å². The van der Waals surface area contributed by atoms with Crippen LogP contribution in [0.4, 0.5) is 0 Å². The van der Waals surface area contributed by atoms with Gasteiger partial charge in [-0.1, -0.05) is 70.2 Å². The molecule has 2 aromatic carbocycles. The molecule has 2 N–H and O–H groups in total. The summed E-state index contributed by atoms with van der Waals surface area (Å²) in [5.41, 5.74) is 5.67. The smallest absolute Gasteiger partial charge is 0.239 e. The zero-order valence-electron chi connectivity index (χ0n) is 31.2. The van der Waals surface area contributed by atoms with Crippen molar-refractivity contribution < 1.29 is 9.59 Å². The molecule has 7 rings (SSSR count). The van der Waals surface area contributed by atoms with Gasteiger partial charge in [-0.3, -0.25) is 9.59 Å². The van der Waals surface area contributed by atoms with Gasteiger partial charge in [-0.25, -0.2) is 9.97 Å². The number of H-pyrrole nitrogens is 2. The van der Waals surface area contributed by atoms with Crippen LogP contribution in [-0.4, -0.2) is 75.6 Å². The van der Waals surface area contributed by atoms with Crippen molar-refractivity contribution in [2.45, 2.75) is 100 Å². The summed E-state index contributed by atoms with van der Waals surface area (Å²) in [6.07, 6.45) is 12.0. The topological polar surface area (TPSA) is 98.0 Å². The molecule has 3 aliphatic rings. The first-order valence-corrected chi connectivity index (χ1v) is 20.6. The van der Waals surface area contributed by atoms with Crippen molar-refractivity contribution in [3.63, 3.8) is 0 Å². The van der Waals surface area contributed by atoms with Crippen LogP contribution >= 0.6 is 23.5 Å². The first-order valence-electron chi connectivity index (χ1n) is 18.5. The van der Waals surface area contributed by atoms with Gasteiger partial charge in [0.2, 0.25) is 11.8 Å². The molecule has 3 saturated heterocycles. The van der Waals surface area contributed by atoms with E-state index in [1.165, 1.54) is 0 Å². The number of thioether (sulfide) groups is 2. The Balaban J connectivity index is 1.03. The Hall–Kier alpha value is -3.50. The Morgan fingerprint density at radius 3 is 2.43 bits per heavy atom. The number of nitrogens with one attached hydrogen (secondary N) is 2. The number of aromatic amines is 2. The summed E-state index contributed by atoms with van der Waals surface area (Å²) in [5.74, 6) is 2.90. The van der Waals surface area contributed by atoms with E-state index in [0.29, 0.717) is 5.92 Å². The third kappa shape index (κ3) is 6.34. The van der Waals surface area contributed by atoms with Crippen molar-refractivity contribution in [1.29, 1.82) is 0 Å². The van der Waals surface area contributed by atoms with Gasteiger partial charge in [0.05, 0.1) is 44.5 Å². The number of fused-ring (bicyclic) bond motifs is 1. The molecule has 3 fully saturated rings. The van der Waals surface area contributed by atoms with Gasteiger partial charge < -0.3 is 19.8 Å². The molecule has 0 spiro atoms. The maximum absolute atomic E-state index is 13.7. The number of carbonyl (C=O) groups excluding carboxylic acids is 2. The van der Waals surface area contributed by atoms with Gasteiger partial charge in [-0.05, 0) is 93.4 Å². The highest BCUT2D eigenvalue weighted by Crippen LogP contribution is 2.59. The molecule has 270 valence electrons. The molecule has 5 atom stereocenters. The van der Waals surface area contributed by atoms with Gasteiger partial charge in [0.1, 0.15) is 11.6 Å². The van der Waals surface area contributed by atoms with Crippen molar-refractivity contribution in [2.75, 3.05) is 19.3 Å². The number of amides is 2. The SMILES string of the molecule is CSC(C)(C(=O)N1CCCC1c1nc2ccc(/C=C/c3ccc(-c4cnc(C5(C)CCCN5C(=O)C5SC5(C)C(C)C)[nH]4)cc3)cc2[nH]1)C(C)C. The van der Waals surface area contributed by atoms with Gasteiger partial charge in [-0.2, -0.15) is 0 Å². The minimum Gasteiger partial charge on any atom is -0.340 e. The summed E-state index contributed by atoms with van der Waals surface area (Å²) in [6, 6.07) is 14.7. The van der Waals surface area contributed by atoms with E-state index >= 15 is 0 Å². The minimum absolute atomic E-state index is 0.0241. The van der Waals surface area contributed by atoms with Gasteiger partial charge in [0.25, 0.3) is 0 Å². The van der Waals surface area contributed by atoms with Crippen molar-refractivity contribution >= 4 is 58.5 Å². The van der Waals surface area contributed by atoms with Crippen LogP contribution in [-0.2, 0) is 15.1 Å². The zero-order valence-corrected chi connectivity index (χ0v) is 32.9. The summed E-state index contributed by atoms with van der Waals surface area (Å²) in [6.45, 7) is 16.7. The van der Waals surface area contributed by atoms with Crippen molar-refractivity contribution in [3.05, 3.63) is 71.4 Å². The molecule has 5 heterocycles. The monoisotopic (exact) mass is 724 g/mol. The third-order valence-corrected chi connectivity index (χ3v) is 15.6. The summed E-state index contributed by atoms with van der Waals surface area (Å²) in [7, 11) is 0. The third-order valence-electron chi connectivity index (χ3n) is 12.2. The fourth-order valence-electron chi connectivity index (χ4n) is 7.82. The van der Waals surface area contributed by atoms with Crippen LogP contribution in [0.15, 0.2) is 48.7 Å². The maximum Gasteiger partial charge on any atom is 0.239 e. The Bertz CT molecular complexity index is 1970. The normalized spacial score (nSPS) is 26.2. The molecule has 0 aliphatic carbocycles. The molecule has 5 unspecified atom stereocenters.